The normalized spacial score (nSPS) is 34.8. The molecule has 1 saturated carbocycles. The highest BCUT2D eigenvalue weighted by atomic mass is 31.0. The summed E-state index contributed by atoms with van der Waals surface area (Å²) in [4.78, 5) is 0. The van der Waals surface area contributed by atoms with Crippen LogP contribution in [0.2, 0.25) is 0 Å². The lowest BCUT2D eigenvalue weighted by atomic mass is 9.69. The van der Waals surface area contributed by atoms with Gasteiger partial charge < -0.3 is 0 Å². The van der Waals surface area contributed by atoms with Gasteiger partial charge in [-0.2, -0.15) is 0 Å². The van der Waals surface area contributed by atoms with Gasteiger partial charge in [-0.25, -0.2) is 0 Å². The zero-order chi connectivity index (χ0) is 9.73. The van der Waals surface area contributed by atoms with E-state index in [0.29, 0.717) is 0 Å². The fourth-order valence-corrected chi connectivity index (χ4v) is 3.51. The van der Waals surface area contributed by atoms with E-state index < -0.39 is 0 Å². The highest BCUT2D eigenvalue weighted by molar-refractivity contribution is 7.17. The van der Waals surface area contributed by atoms with Gasteiger partial charge >= 0.3 is 0 Å². The predicted octanol–water partition coefficient (Wildman–Crippen LogP) is 4.39. The van der Waals surface area contributed by atoms with Crippen molar-refractivity contribution < 1.29 is 0 Å². The predicted molar refractivity (Wildman–Crippen MR) is 64.2 cm³/mol. The molecule has 1 aliphatic carbocycles. The monoisotopic (exact) mass is 200 g/mol. The van der Waals surface area contributed by atoms with Crippen LogP contribution in [0.4, 0.5) is 0 Å². The van der Waals surface area contributed by atoms with Crippen molar-refractivity contribution in [3.8, 4) is 0 Å². The molecule has 1 heteroatoms. The number of hydrogen-bond donors (Lipinski definition) is 0. The minimum atomic E-state index is 0.723. The van der Waals surface area contributed by atoms with E-state index in [4.69, 9.17) is 0 Å². The van der Waals surface area contributed by atoms with Crippen LogP contribution in [0.1, 0.15) is 65.2 Å². The van der Waals surface area contributed by atoms with Gasteiger partial charge in [0.15, 0.2) is 0 Å². The molecule has 0 heterocycles. The largest absolute Gasteiger partial charge is 0.134 e. The molecule has 0 bridgehead atoms. The molecule has 0 aromatic heterocycles. The maximum absolute atomic E-state index is 3.04. The van der Waals surface area contributed by atoms with Gasteiger partial charge in [0.25, 0.3) is 0 Å². The maximum atomic E-state index is 3.04. The van der Waals surface area contributed by atoms with Crippen LogP contribution in [0.25, 0.3) is 0 Å². The van der Waals surface area contributed by atoms with Gasteiger partial charge in [0.2, 0.25) is 0 Å². The first-order valence-corrected chi connectivity index (χ1v) is 6.64. The Balaban J connectivity index is 2.46. The molecule has 0 N–H and O–H groups in total. The molecule has 3 atom stereocenters. The molecule has 1 fully saturated rings. The van der Waals surface area contributed by atoms with Crippen LogP contribution in [0.3, 0.4) is 0 Å². The minimum absolute atomic E-state index is 0.723. The van der Waals surface area contributed by atoms with E-state index in [9.17, 15) is 0 Å². The molecule has 0 aromatic carbocycles. The standard InChI is InChI=1S/C12H25P/c1-3-5-8-12(4-2)9-6-7-11(13)10-12/h11H,3-10,13H2,1-2H3. The molecule has 1 aliphatic rings. The van der Waals surface area contributed by atoms with Crippen LogP contribution in [-0.2, 0) is 0 Å². The van der Waals surface area contributed by atoms with Crippen molar-refractivity contribution in [2.24, 2.45) is 5.41 Å². The quantitative estimate of drug-likeness (QED) is 0.590. The number of unbranched alkanes of at least 4 members (excludes halogenated alkanes) is 1. The summed E-state index contributed by atoms with van der Waals surface area (Å²) >= 11 is 0. The average molecular weight is 200 g/mol. The van der Waals surface area contributed by atoms with Crippen molar-refractivity contribution in [2.45, 2.75) is 70.9 Å². The molecule has 1 rings (SSSR count). The Morgan fingerprint density at radius 1 is 1.38 bits per heavy atom. The lowest BCUT2D eigenvalue weighted by Crippen LogP contribution is -2.28. The zero-order valence-electron chi connectivity index (χ0n) is 9.31. The van der Waals surface area contributed by atoms with E-state index in [1.54, 1.807) is 0 Å². The van der Waals surface area contributed by atoms with Gasteiger partial charge in [-0.15, -0.1) is 9.24 Å². The van der Waals surface area contributed by atoms with Crippen LogP contribution in [0.15, 0.2) is 0 Å². The van der Waals surface area contributed by atoms with E-state index in [1.807, 2.05) is 0 Å². The molecule has 0 saturated heterocycles. The van der Waals surface area contributed by atoms with Crippen molar-refractivity contribution in [2.75, 3.05) is 0 Å². The second-order valence-electron chi connectivity index (χ2n) is 4.81. The number of hydrogen-bond acceptors (Lipinski definition) is 0. The average Bonchev–Trinajstić information content (AvgIpc) is 2.15. The molecule has 0 amide bonds. The summed E-state index contributed by atoms with van der Waals surface area (Å²) in [6.07, 6.45) is 11.5. The maximum Gasteiger partial charge on any atom is -0.0259 e. The Morgan fingerprint density at radius 2 is 2.15 bits per heavy atom. The van der Waals surface area contributed by atoms with E-state index in [1.165, 1.54) is 51.4 Å². The summed E-state index contributed by atoms with van der Waals surface area (Å²) in [6.45, 7) is 4.70. The first kappa shape index (κ1) is 11.5. The van der Waals surface area contributed by atoms with Crippen LogP contribution in [-0.4, -0.2) is 5.66 Å². The topological polar surface area (TPSA) is 0 Å². The van der Waals surface area contributed by atoms with Gasteiger partial charge in [-0.3, -0.25) is 0 Å². The smallest absolute Gasteiger partial charge is 0.0259 e. The molecule has 0 aliphatic heterocycles. The van der Waals surface area contributed by atoms with Crippen molar-refractivity contribution in [1.29, 1.82) is 0 Å². The molecule has 78 valence electrons. The van der Waals surface area contributed by atoms with Crippen LogP contribution >= 0.6 is 9.24 Å². The highest BCUT2D eigenvalue weighted by Gasteiger charge is 2.32. The van der Waals surface area contributed by atoms with Gasteiger partial charge in [-0.1, -0.05) is 39.5 Å². The van der Waals surface area contributed by atoms with Crippen molar-refractivity contribution in [1.82, 2.24) is 0 Å². The molecule has 0 radical (unpaired) electrons. The van der Waals surface area contributed by atoms with E-state index in [0.717, 1.165) is 11.1 Å². The summed E-state index contributed by atoms with van der Waals surface area (Å²) in [7, 11) is 3.04. The van der Waals surface area contributed by atoms with Gasteiger partial charge in [-0.05, 0) is 36.8 Å². The SMILES string of the molecule is CCCCC1(CC)CCCC(P)C1. The third-order valence-corrected chi connectivity index (χ3v) is 4.36. The van der Waals surface area contributed by atoms with Crippen LogP contribution < -0.4 is 0 Å². The zero-order valence-corrected chi connectivity index (χ0v) is 10.5. The van der Waals surface area contributed by atoms with E-state index >= 15 is 0 Å². The molecule has 13 heavy (non-hydrogen) atoms. The number of rotatable bonds is 4. The summed E-state index contributed by atoms with van der Waals surface area (Å²) < 4.78 is 0. The molecule has 0 aromatic rings. The van der Waals surface area contributed by atoms with Crippen LogP contribution in [0, 0.1) is 5.41 Å². The van der Waals surface area contributed by atoms with Crippen LogP contribution in [0.5, 0.6) is 0 Å². The van der Waals surface area contributed by atoms with Gasteiger partial charge in [0.1, 0.15) is 0 Å². The summed E-state index contributed by atoms with van der Waals surface area (Å²) in [5.41, 5.74) is 1.63. The fourth-order valence-electron chi connectivity index (χ4n) is 2.78. The Labute approximate surface area is 86.1 Å². The third-order valence-electron chi connectivity index (χ3n) is 3.79. The van der Waals surface area contributed by atoms with Gasteiger partial charge in [0.05, 0.1) is 0 Å². The Morgan fingerprint density at radius 3 is 2.69 bits per heavy atom. The van der Waals surface area contributed by atoms with Gasteiger partial charge in [0, 0.05) is 0 Å². The minimum Gasteiger partial charge on any atom is -0.134 e. The highest BCUT2D eigenvalue weighted by Crippen LogP contribution is 2.45. The van der Waals surface area contributed by atoms with Crippen molar-refractivity contribution >= 4 is 9.24 Å². The molecular weight excluding hydrogens is 175 g/mol. The molecule has 0 spiro atoms. The third kappa shape index (κ3) is 3.24. The summed E-state index contributed by atoms with van der Waals surface area (Å²) in [5.74, 6) is 0. The lowest BCUT2D eigenvalue weighted by Gasteiger charge is -2.39. The lowest BCUT2D eigenvalue weighted by molar-refractivity contribution is 0.165. The molecular formula is C12H25P. The van der Waals surface area contributed by atoms with E-state index in [-0.39, 0.29) is 0 Å². The second-order valence-corrected chi connectivity index (χ2v) is 5.76. The van der Waals surface area contributed by atoms with E-state index in [2.05, 4.69) is 23.1 Å². The fraction of sp³-hybridized carbons (Fsp3) is 1.00. The Hall–Kier alpha value is 0.430. The second kappa shape index (κ2) is 5.35. The van der Waals surface area contributed by atoms with Crippen molar-refractivity contribution in [3.63, 3.8) is 0 Å². The Bertz CT molecular complexity index is 144. The Kier molecular flexibility index (Phi) is 4.73. The first-order chi connectivity index (χ1) is 6.22. The molecule has 0 nitrogen and oxygen atoms in total. The molecule has 3 unspecified atom stereocenters. The summed E-state index contributed by atoms with van der Waals surface area (Å²) in [6, 6.07) is 0. The first-order valence-electron chi connectivity index (χ1n) is 5.98. The van der Waals surface area contributed by atoms with Crippen molar-refractivity contribution in [3.05, 3.63) is 0 Å². The summed E-state index contributed by atoms with van der Waals surface area (Å²) in [5, 5.41) is 0.